The van der Waals surface area contributed by atoms with Crippen LogP contribution in [0.1, 0.15) is 25.8 Å². The van der Waals surface area contributed by atoms with Gasteiger partial charge in [-0.1, -0.05) is 24.3 Å². The van der Waals surface area contributed by atoms with Crippen molar-refractivity contribution in [2.45, 2.75) is 20.3 Å². The van der Waals surface area contributed by atoms with Crippen LogP contribution in [-0.4, -0.2) is 34.9 Å². The lowest BCUT2D eigenvalue weighted by Gasteiger charge is -2.09. The maximum atomic E-state index is 12.8. The molecular formula is C23H23N3O4S. The summed E-state index contributed by atoms with van der Waals surface area (Å²) in [6, 6.07) is 13.1. The van der Waals surface area contributed by atoms with E-state index in [1.807, 2.05) is 49.4 Å². The number of fused-ring (bicyclic) bond motifs is 1. The monoisotopic (exact) mass is 437 g/mol. The Labute approximate surface area is 183 Å². The Morgan fingerprint density at radius 2 is 1.87 bits per heavy atom. The van der Waals surface area contributed by atoms with E-state index < -0.39 is 0 Å². The van der Waals surface area contributed by atoms with Crippen LogP contribution < -0.4 is 24.3 Å². The van der Waals surface area contributed by atoms with Gasteiger partial charge in [-0.15, -0.1) is 5.10 Å². The summed E-state index contributed by atoms with van der Waals surface area (Å²) in [6.45, 7) is 5.21. The van der Waals surface area contributed by atoms with E-state index in [1.54, 1.807) is 13.2 Å². The summed E-state index contributed by atoms with van der Waals surface area (Å²) in [7, 11) is 1.59. The maximum Gasteiger partial charge on any atom is 0.291 e. The molecule has 0 N–H and O–H groups in total. The van der Waals surface area contributed by atoms with Crippen molar-refractivity contribution in [3.8, 4) is 28.6 Å². The van der Waals surface area contributed by atoms with Crippen LogP contribution in [0, 0.1) is 0 Å². The maximum absolute atomic E-state index is 12.8. The van der Waals surface area contributed by atoms with E-state index in [-0.39, 0.29) is 5.56 Å². The number of thiazole rings is 1. The molecule has 7 nitrogen and oxygen atoms in total. The Bertz CT molecular complexity index is 1300. The zero-order valence-corrected chi connectivity index (χ0v) is 18.4. The first-order chi connectivity index (χ1) is 15.1. The highest BCUT2D eigenvalue weighted by Gasteiger charge is 2.12. The average Bonchev–Trinajstić information content (AvgIpc) is 3.33. The molecule has 2 heterocycles. The van der Waals surface area contributed by atoms with Crippen LogP contribution >= 0.6 is 11.3 Å². The minimum Gasteiger partial charge on any atom is -0.494 e. The average molecular weight is 438 g/mol. The molecule has 0 amide bonds. The van der Waals surface area contributed by atoms with Gasteiger partial charge in [-0.05, 0) is 61.4 Å². The van der Waals surface area contributed by atoms with Gasteiger partial charge < -0.3 is 14.2 Å². The summed E-state index contributed by atoms with van der Waals surface area (Å²) in [5.41, 5.74) is 1.47. The third-order valence-corrected chi connectivity index (χ3v) is 5.51. The molecule has 0 unspecified atom stereocenters. The fourth-order valence-corrected chi connectivity index (χ4v) is 3.98. The van der Waals surface area contributed by atoms with Crippen molar-refractivity contribution in [3.05, 3.63) is 62.9 Å². The van der Waals surface area contributed by atoms with Crippen LogP contribution in [0.5, 0.6) is 17.2 Å². The molecule has 0 radical (unpaired) electrons. The van der Waals surface area contributed by atoms with E-state index in [2.05, 4.69) is 17.0 Å². The van der Waals surface area contributed by atoms with Crippen LogP contribution in [0.2, 0.25) is 0 Å². The molecular weight excluding hydrogens is 414 g/mol. The minimum atomic E-state index is -0.200. The van der Waals surface area contributed by atoms with E-state index in [0.717, 1.165) is 23.3 Å². The zero-order chi connectivity index (χ0) is 21.8. The molecule has 4 aromatic rings. The zero-order valence-electron chi connectivity index (χ0n) is 17.6. The molecule has 0 saturated carbocycles. The molecule has 0 fully saturated rings. The Kier molecular flexibility index (Phi) is 6.18. The normalized spacial score (nSPS) is 11.8. The number of hydrogen-bond acceptors (Lipinski definition) is 7. The Morgan fingerprint density at radius 1 is 1.06 bits per heavy atom. The number of methoxy groups -OCH3 is 1. The predicted molar refractivity (Wildman–Crippen MR) is 121 cm³/mol. The van der Waals surface area contributed by atoms with Crippen molar-refractivity contribution in [2.24, 2.45) is 0 Å². The third-order valence-electron chi connectivity index (χ3n) is 4.55. The standard InChI is InChI=1S/C23H23N3O4S/c1-4-12-30-17-9-7-16(8-10-17)21-24-23-26(25-21)22(27)20(31-23)14-15-6-11-18(29-5-2)19(13-15)28-3/h6-11,13-14H,4-5,12H2,1-3H3. The van der Waals surface area contributed by atoms with Crippen molar-refractivity contribution in [2.75, 3.05) is 20.3 Å². The molecule has 160 valence electrons. The van der Waals surface area contributed by atoms with Crippen LogP contribution in [0.4, 0.5) is 0 Å². The second-order valence-corrected chi connectivity index (χ2v) is 7.77. The first kappa shape index (κ1) is 20.9. The second kappa shape index (κ2) is 9.18. The summed E-state index contributed by atoms with van der Waals surface area (Å²) in [5.74, 6) is 2.61. The summed E-state index contributed by atoms with van der Waals surface area (Å²) in [4.78, 5) is 17.9. The summed E-state index contributed by atoms with van der Waals surface area (Å²) in [5, 5.41) is 4.41. The van der Waals surface area contributed by atoms with Gasteiger partial charge in [-0.2, -0.15) is 9.50 Å². The molecule has 0 spiro atoms. The SMILES string of the molecule is CCCOc1ccc(-c2nc3sc(=Cc4ccc(OCC)c(OC)c4)c(=O)n3n2)cc1. The summed E-state index contributed by atoms with van der Waals surface area (Å²) < 4.78 is 18.4. The Morgan fingerprint density at radius 3 is 2.55 bits per heavy atom. The van der Waals surface area contributed by atoms with Gasteiger partial charge in [0.25, 0.3) is 5.56 Å². The molecule has 2 aromatic carbocycles. The molecule has 0 aliphatic heterocycles. The number of hydrogen-bond donors (Lipinski definition) is 0. The van der Waals surface area contributed by atoms with Gasteiger partial charge in [-0.3, -0.25) is 4.79 Å². The van der Waals surface area contributed by atoms with Crippen molar-refractivity contribution >= 4 is 22.4 Å². The fraction of sp³-hybridized carbons (Fsp3) is 0.261. The fourth-order valence-electron chi connectivity index (χ4n) is 3.08. The van der Waals surface area contributed by atoms with Crippen molar-refractivity contribution in [1.82, 2.24) is 14.6 Å². The minimum absolute atomic E-state index is 0.200. The van der Waals surface area contributed by atoms with Gasteiger partial charge in [0.15, 0.2) is 17.3 Å². The molecule has 8 heteroatoms. The predicted octanol–water partition coefficient (Wildman–Crippen LogP) is 3.56. The number of benzene rings is 2. The van der Waals surface area contributed by atoms with E-state index in [0.29, 0.717) is 40.0 Å². The van der Waals surface area contributed by atoms with Crippen LogP contribution in [0.25, 0.3) is 22.4 Å². The smallest absolute Gasteiger partial charge is 0.291 e. The van der Waals surface area contributed by atoms with Crippen molar-refractivity contribution in [3.63, 3.8) is 0 Å². The first-order valence-electron chi connectivity index (χ1n) is 10.1. The van der Waals surface area contributed by atoms with Crippen molar-refractivity contribution < 1.29 is 14.2 Å². The van der Waals surface area contributed by atoms with E-state index in [9.17, 15) is 4.79 Å². The lowest BCUT2D eigenvalue weighted by atomic mass is 10.2. The van der Waals surface area contributed by atoms with E-state index in [1.165, 1.54) is 15.9 Å². The lowest BCUT2D eigenvalue weighted by molar-refractivity contribution is 0.311. The summed E-state index contributed by atoms with van der Waals surface area (Å²) in [6.07, 6.45) is 2.76. The second-order valence-electron chi connectivity index (χ2n) is 6.76. The molecule has 0 atom stereocenters. The Hall–Kier alpha value is -3.39. The van der Waals surface area contributed by atoms with Gasteiger partial charge in [0, 0.05) is 5.56 Å². The highest BCUT2D eigenvalue weighted by atomic mass is 32.1. The van der Waals surface area contributed by atoms with E-state index >= 15 is 0 Å². The van der Waals surface area contributed by atoms with Gasteiger partial charge in [-0.25, -0.2) is 0 Å². The number of nitrogens with zero attached hydrogens (tertiary/aromatic N) is 3. The van der Waals surface area contributed by atoms with Gasteiger partial charge in [0.05, 0.1) is 24.9 Å². The molecule has 2 aromatic heterocycles. The molecule has 4 rings (SSSR count). The molecule has 31 heavy (non-hydrogen) atoms. The number of rotatable bonds is 8. The highest BCUT2D eigenvalue weighted by molar-refractivity contribution is 7.15. The highest BCUT2D eigenvalue weighted by Crippen LogP contribution is 2.28. The topological polar surface area (TPSA) is 75.0 Å². The molecule has 0 aliphatic rings. The molecule has 0 bridgehead atoms. The van der Waals surface area contributed by atoms with Gasteiger partial charge >= 0.3 is 0 Å². The van der Waals surface area contributed by atoms with Crippen LogP contribution in [-0.2, 0) is 0 Å². The van der Waals surface area contributed by atoms with Crippen LogP contribution in [0.3, 0.4) is 0 Å². The molecule has 0 saturated heterocycles. The summed E-state index contributed by atoms with van der Waals surface area (Å²) >= 11 is 1.30. The largest absolute Gasteiger partial charge is 0.494 e. The quantitative estimate of drug-likeness (QED) is 0.420. The first-order valence-corrected chi connectivity index (χ1v) is 10.9. The van der Waals surface area contributed by atoms with Gasteiger partial charge in [0.1, 0.15) is 5.75 Å². The van der Waals surface area contributed by atoms with Crippen molar-refractivity contribution in [1.29, 1.82) is 0 Å². The number of aromatic nitrogens is 3. The molecule has 0 aliphatic carbocycles. The van der Waals surface area contributed by atoms with Crippen LogP contribution in [0.15, 0.2) is 47.3 Å². The van der Waals surface area contributed by atoms with E-state index in [4.69, 9.17) is 14.2 Å². The Balaban J connectivity index is 1.64. The number of ether oxygens (including phenoxy) is 3. The third kappa shape index (κ3) is 4.39. The van der Waals surface area contributed by atoms with Gasteiger partial charge in [0.2, 0.25) is 4.96 Å². The lowest BCUT2D eigenvalue weighted by Crippen LogP contribution is -2.23.